The zero-order chi connectivity index (χ0) is 19.8. The maximum Gasteiger partial charge on any atom is 0.433 e. The average molecular weight is 417 g/mol. The number of hydrogen-bond acceptors (Lipinski definition) is 4. The lowest BCUT2D eigenvalue weighted by molar-refractivity contribution is -0.144. The molecular weight excluding hydrogens is 405 g/mol. The Balaban J connectivity index is 2.18. The minimum absolute atomic E-state index is 0.0564. The fourth-order valence-corrected chi connectivity index (χ4v) is 3.21. The number of carboxylic acids is 1. The van der Waals surface area contributed by atoms with Crippen molar-refractivity contribution in [3.8, 4) is 0 Å². The monoisotopic (exact) mass is 416 g/mol. The van der Waals surface area contributed by atoms with E-state index >= 15 is 0 Å². The predicted octanol–water partition coefficient (Wildman–Crippen LogP) is 4.46. The summed E-state index contributed by atoms with van der Waals surface area (Å²) in [6.45, 7) is 0. The Morgan fingerprint density at radius 2 is 2.07 bits per heavy atom. The van der Waals surface area contributed by atoms with Gasteiger partial charge >= 0.3 is 12.1 Å². The number of thiocarbonyl (C=S) groups is 1. The molecule has 2 aromatic rings. The third kappa shape index (κ3) is 4.20. The average Bonchev–Trinajstić information content (AvgIpc) is 2.71. The summed E-state index contributed by atoms with van der Waals surface area (Å²) >= 11 is 11.2. The van der Waals surface area contributed by atoms with Crippen molar-refractivity contribution >= 4 is 40.5 Å². The molecule has 27 heavy (non-hydrogen) atoms. The summed E-state index contributed by atoms with van der Waals surface area (Å²) in [5.74, 6) is -1.20. The van der Waals surface area contributed by atoms with Gasteiger partial charge < -0.3 is 15.2 Å². The van der Waals surface area contributed by atoms with Gasteiger partial charge in [0.2, 0.25) is 0 Å². The number of ether oxygens (including phenoxy) is 1. The first-order chi connectivity index (χ1) is 12.7. The van der Waals surface area contributed by atoms with Gasteiger partial charge in [0, 0.05) is 28.0 Å². The van der Waals surface area contributed by atoms with Gasteiger partial charge in [0.1, 0.15) is 17.2 Å². The molecule has 0 saturated heterocycles. The number of anilines is 1. The highest BCUT2D eigenvalue weighted by Crippen LogP contribution is 2.41. The Labute approximate surface area is 162 Å². The van der Waals surface area contributed by atoms with E-state index in [-0.39, 0.29) is 15.6 Å². The molecule has 0 fully saturated rings. The standard InChI is InChI=1S/C17H12ClF3N2O3S/c18-8-3-4-11-10(6-8)14(26-12(7-13(24)25)16(27)23-11)9-2-1-5-22-15(9)17(19,20)21/h1-6,12,14H,7H2,(H,23,27)(H,24,25). The number of alkyl halides is 3. The molecule has 2 unspecified atom stereocenters. The summed E-state index contributed by atoms with van der Waals surface area (Å²) in [6.07, 6.45) is -6.59. The van der Waals surface area contributed by atoms with E-state index in [2.05, 4.69) is 10.3 Å². The van der Waals surface area contributed by atoms with Gasteiger partial charge in [0.25, 0.3) is 0 Å². The number of carbonyl (C=O) groups is 1. The smallest absolute Gasteiger partial charge is 0.433 e. The molecule has 1 aromatic heterocycles. The van der Waals surface area contributed by atoms with Crippen LogP contribution in [0.15, 0.2) is 36.5 Å². The first-order valence-electron chi connectivity index (χ1n) is 7.66. The summed E-state index contributed by atoms with van der Waals surface area (Å²) in [7, 11) is 0. The Morgan fingerprint density at radius 3 is 2.74 bits per heavy atom. The van der Waals surface area contributed by atoms with E-state index in [0.717, 1.165) is 6.20 Å². The zero-order valence-corrected chi connectivity index (χ0v) is 15.0. The number of hydrogen-bond donors (Lipinski definition) is 2. The molecule has 1 aliphatic heterocycles. The molecule has 0 radical (unpaired) electrons. The minimum Gasteiger partial charge on any atom is -0.481 e. The lowest BCUT2D eigenvalue weighted by atomic mass is 9.98. The second-order valence-electron chi connectivity index (χ2n) is 5.76. The summed E-state index contributed by atoms with van der Waals surface area (Å²) in [6, 6.07) is 7.12. The van der Waals surface area contributed by atoms with Crippen molar-refractivity contribution in [1.29, 1.82) is 0 Å². The van der Waals surface area contributed by atoms with Crippen LogP contribution in [0, 0.1) is 0 Å². The third-order valence-corrected chi connectivity index (χ3v) is 4.50. The molecule has 0 bridgehead atoms. The lowest BCUT2D eigenvalue weighted by Gasteiger charge is -2.24. The number of nitrogens with one attached hydrogen (secondary N) is 1. The normalized spacial score (nSPS) is 19.8. The highest BCUT2D eigenvalue weighted by molar-refractivity contribution is 7.80. The zero-order valence-electron chi connectivity index (χ0n) is 13.5. The van der Waals surface area contributed by atoms with Crippen LogP contribution in [0.4, 0.5) is 18.9 Å². The van der Waals surface area contributed by atoms with Crippen molar-refractivity contribution in [2.45, 2.75) is 24.8 Å². The first-order valence-corrected chi connectivity index (χ1v) is 8.45. The molecule has 2 atom stereocenters. The van der Waals surface area contributed by atoms with Crippen LogP contribution in [0.1, 0.15) is 29.3 Å². The lowest BCUT2D eigenvalue weighted by Crippen LogP contribution is -2.30. The number of benzene rings is 1. The molecule has 5 nitrogen and oxygen atoms in total. The van der Waals surface area contributed by atoms with Crippen LogP contribution >= 0.6 is 23.8 Å². The number of carboxylic acid groups (broad SMARTS) is 1. The van der Waals surface area contributed by atoms with Crippen LogP contribution in [0.3, 0.4) is 0 Å². The van der Waals surface area contributed by atoms with Crippen molar-refractivity contribution in [2.75, 3.05) is 5.32 Å². The molecular formula is C17H12ClF3N2O3S. The minimum atomic E-state index is -4.72. The maximum absolute atomic E-state index is 13.5. The van der Waals surface area contributed by atoms with E-state index in [9.17, 15) is 18.0 Å². The van der Waals surface area contributed by atoms with Crippen LogP contribution in [-0.4, -0.2) is 27.2 Å². The first kappa shape index (κ1) is 19.5. The van der Waals surface area contributed by atoms with Gasteiger partial charge in [-0.3, -0.25) is 9.78 Å². The van der Waals surface area contributed by atoms with Crippen molar-refractivity contribution < 1.29 is 27.8 Å². The molecule has 1 aliphatic rings. The summed E-state index contributed by atoms with van der Waals surface area (Å²) in [5, 5.41) is 12.2. The molecule has 2 heterocycles. The quantitative estimate of drug-likeness (QED) is 0.720. The maximum atomic E-state index is 13.5. The Hall–Kier alpha value is -2.23. The number of aliphatic carboxylic acids is 1. The van der Waals surface area contributed by atoms with Gasteiger partial charge in [-0.1, -0.05) is 29.9 Å². The van der Waals surface area contributed by atoms with Gasteiger partial charge in [-0.2, -0.15) is 13.2 Å². The van der Waals surface area contributed by atoms with E-state index in [0.29, 0.717) is 11.3 Å². The predicted molar refractivity (Wildman–Crippen MR) is 95.9 cm³/mol. The number of rotatable bonds is 3. The van der Waals surface area contributed by atoms with Crippen LogP contribution in [0.2, 0.25) is 5.02 Å². The molecule has 10 heteroatoms. The Morgan fingerprint density at radius 1 is 1.33 bits per heavy atom. The van der Waals surface area contributed by atoms with E-state index in [4.69, 9.17) is 33.7 Å². The molecule has 1 aromatic carbocycles. The fourth-order valence-electron chi connectivity index (χ4n) is 2.78. The molecule has 2 N–H and O–H groups in total. The molecule has 142 valence electrons. The number of halogens is 4. The van der Waals surface area contributed by atoms with E-state index < -0.39 is 36.5 Å². The van der Waals surface area contributed by atoms with Crippen molar-refractivity contribution in [3.63, 3.8) is 0 Å². The summed E-state index contributed by atoms with van der Waals surface area (Å²) < 4.78 is 46.1. The Kier molecular flexibility index (Phi) is 5.36. The molecule has 0 amide bonds. The number of pyridine rings is 1. The van der Waals surface area contributed by atoms with Gasteiger partial charge in [-0.15, -0.1) is 0 Å². The van der Waals surface area contributed by atoms with Crippen LogP contribution in [0.25, 0.3) is 0 Å². The second-order valence-corrected chi connectivity index (χ2v) is 6.64. The summed E-state index contributed by atoms with van der Waals surface area (Å²) in [4.78, 5) is 14.6. The van der Waals surface area contributed by atoms with Crippen LogP contribution in [-0.2, 0) is 15.7 Å². The van der Waals surface area contributed by atoms with Crippen molar-refractivity contribution in [1.82, 2.24) is 4.98 Å². The second kappa shape index (κ2) is 7.41. The highest BCUT2D eigenvalue weighted by Gasteiger charge is 2.40. The molecule has 0 spiro atoms. The van der Waals surface area contributed by atoms with Crippen LogP contribution < -0.4 is 5.32 Å². The summed E-state index contributed by atoms with van der Waals surface area (Å²) in [5.41, 5.74) is -0.686. The number of nitrogens with zero attached hydrogens (tertiary/aromatic N) is 1. The van der Waals surface area contributed by atoms with E-state index in [1.807, 2.05) is 0 Å². The van der Waals surface area contributed by atoms with Gasteiger partial charge in [-0.25, -0.2) is 0 Å². The van der Waals surface area contributed by atoms with Gasteiger partial charge in [0.15, 0.2) is 5.69 Å². The van der Waals surface area contributed by atoms with Gasteiger partial charge in [0.05, 0.1) is 6.42 Å². The topological polar surface area (TPSA) is 71.5 Å². The van der Waals surface area contributed by atoms with Crippen LogP contribution in [0.5, 0.6) is 0 Å². The van der Waals surface area contributed by atoms with E-state index in [1.165, 1.54) is 18.2 Å². The number of aromatic nitrogens is 1. The highest BCUT2D eigenvalue weighted by atomic mass is 35.5. The molecule has 0 aliphatic carbocycles. The Bertz CT molecular complexity index is 907. The number of fused-ring (bicyclic) bond motifs is 1. The third-order valence-electron chi connectivity index (χ3n) is 3.90. The SMILES string of the molecule is O=C(O)CC1OC(c2cccnc2C(F)(F)F)c2cc(Cl)ccc2NC1=S. The fraction of sp³-hybridized carbons (Fsp3) is 0.235. The van der Waals surface area contributed by atoms with Crippen molar-refractivity contribution in [2.24, 2.45) is 0 Å². The largest absolute Gasteiger partial charge is 0.481 e. The van der Waals surface area contributed by atoms with E-state index in [1.54, 1.807) is 12.1 Å². The molecule has 3 rings (SSSR count). The molecule has 0 saturated carbocycles. The van der Waals surface area contributed by atoms with Gasteiger partial charge in [-0.05, 0) is 24.3 Å². The van der Waals surface area contributed by atoms with Crippen molar-refractivity contribution in [3.05, 3.63) is 58.4 Å².